The molecule has 76 valence electrons. The first kappa shape index (κ1) is 9.61. The van der Waals surface area contributed by atoms with Crippen molar-refractivity contribution < 1.29 is 0 Å². The summed E-state index contributed by atoms with van der Waals surface area (Å²) in [6, 6.07) is 8.73. The summed E-state index contributed by atoms with van der Waals surface area (Å²) in [4.78, 5) is 1.43. The van der Waals surface area contributed by atoms with Crippen molar-refractivity contribution in [3.8, 4) is 10.4 Å². The Morgan fingerprint density at radius 2 is 1.93 bits per heavy atom. The van der Waals surface area contributed by atoms with Gasteiger partial charge in [-0.15, -0.1) is 11.3 Å². The summed E-state index contributed by atoms with van der Waals surface area (Å²) in [5, 5.41) is 2.20. The highest BCUT2D eigenvalue weighted by atomic mass is 79.9. The minimum Gasteiger partial charge on any atom is -0.142 e. The fourth-order valence-electron chi connectivity index (χ4n) is 2.48. The maximum Gasteiger partial charge on any atom is 0.0398 e. The topological polar surface area (TPSA) is 0 Å². The van der Waals surface area contributed by atoms with Crippen molar-refractivity contribution in [2.45, 2.75) is 19.3 Å². The summed E-state index contributed by atoms with van der Waals surface area (Å²) in [5.41, 5.74) is 4.46. The maximum atomic E-state index is 3.66. The van der Waals surface area contributed by atoms with Crippen molar-refractivity contribution in [3.05, 3.63) is 45.2 Å². The molecular weight excluding hydrogens is 268 g/mol. The Kier molecular flexibility index (Phi) is 1.89. The number of hydrogen-bond donors (Lipinski definition) is 0. The van der Waals surface area contributed by atoms with Crippen LogP contribution < -0.4 is 0 Å². The van der Waals surface area contributed by atoms with Crippen LogP contribution in [-0.4, -0.2) is 0 Å². The molecule has 0 bridgehead atoms. The van der Waals surface area contributed by atoms with Gasteiger partial charge in [0.2, 0.25) is 0 Å². The number of rotatable bonds is 0. The first-order valence-corrected chi connectivity index (χ1v) is 6.67. The Morgan fingerprint density at radius 1 is 1.20 bits per heavy atom. The summed E-state index contributed by atoms with van der Waals surface area (Å²) in [7, 11) is 0. The second-order valence-electron chi connectivity index (χ2n) is 4.46. The van der Waals surface area contributed by atoms with Gasteiger partial charge in [0.15, 0.2) is 0 Å². The van der Waals surface area contributed by atoms with Crippen molar-refractivity contribution in [3.63, 3.8) is 0 Å². The molecule has 0 N–H and O–H groups in total. The van der Waals surface area contributed by atoms with Gasteiger partial charge in [0, 0.05) is 20.1 Å². The van der Waals surface area contributed by atoms with E-state index in [1.54, 1.807) is 0 Å². The van der Waals surface area contributed by atoms with E-state index >= 15 is 0 Å². The molecule has 0 aliphatic heterocycles. The van der Waals surface area contributed by atoms with E-state index in [1.165, 1.54) is 26.0 Å². The summed E-state index contributed by atoms with van der Waals surface area (Å²) in [5.74, 6) is 0. The summed E-state index contributed by atoms with van der Waals surface area (Å²) in [6.07, 6.45) is 0. The lowest BCUT2D eigenvalue weighted by molar-refractivity contribution is 0.658. The number of hydrogen-bond acceptors (Lipinski definition) is 1. The van der Waals surface area contributed by atoms with Gasteiger partial charge >= 0.3 is 0 Å². The predicted octanol–water partition coefficient (Wildman–Crippen LogP) is 4.82. The lowest BCUT2D eigenvalue weighted by Gasteiger charge is -2.21. The lowest BCUT2D eigenvalue weighted by atomic mass is 9.83. The van der Waals surface area contributed by atoms with E-state index in [9.17, 15) is 0 Å². The van der Waals surface area contributed by atoms with E-state index in [4.69, 9.17) is 0 Å². The fraction of sp³-hybridized carbons (Fsp3) is 0.231. The van der Waals surface area contributed by atoms with Gasteiger partial charge < -0.3 is 0 Å². The van der Waals surface area contributed by atoms with Crippen LogP contribution in [-0.2, 0) is 5.41 Å². The summed E-state index contributed by atoms with van der Waals surface area (Å²) < 4.78 is 1.25. The van der Waals surface area contributed by atoms with Crippen LogP contribution in [0.5, 0.6) is 0 Å². The Balaban J connectivity index is 2.43. The molecule has 0 amide bonds. The zero-order valence-electron chi connectivity index (χ0n) is 8.67. The van der Waals surface area contributed by atoms with Gasteiger partial charge in [-0.1, -0.05) is 38.1 Å². The zero-order chi connectivity index (χ0) is 10.6. The highest BCUT2D eigenvalue weighted by Crippen LogP contribution is 2.53. The van der Waals surface area contributed by atoms with Gasteiger partial charge in [-0.05, 0) is 32.6 Å². The fourth-order valence-corrected chi connectivity index (χ4v) is 4.71. The Labute approximate surface area is 102 Å². The number of fused-ring (bicyclic) bond motifs is 3. The third-order valence-corrected chi connectivity index (χ3v) is 5.16. The summed E-state index contributed by atoms with van der Waals surface area (Å²) in [6.45, 7) is 4.60. The van der Waals surface area contributed by atoms with Gasteiger partial charge in [-0.2, -0.15) is 0 Å². The van der Waals surface area contributed by atoms with E-state index in [-0.39, 0.29) is 5.41 Å². The maximum absolute atomic E-state index is 3.66. The second-order valence-corrected chi connectivity index (χ2v) is 6.19. The van der Waals surface area contributed by atoms with Crippen LogP contribution in [0.25, 0.3) is 10.4 Å². The zero-order valence-corrected chi connectivity index (χ0v) is 11.1. The monoisotopic (exact) mass is 278 g/mol. The molecule has 0 spiro atoms. The van der Waals surface area contributed by atoms with Gasteiger partial charge in [-0.3, -0.25) is 0 Å². The van der Waals surface area contributed by atoms with Gasteiger partial charge in [0.25, 0.3) is 0 Å². The average Bonchev–Trinajstić information content (AvgIpc) is 2.69. The lowest BCUT2D eigenvalue weighted by Crippen LogP contribution is -2.14. The minimum absolute atomic E-state index is 0.144. The third kappa shape index (κ3) is 1.12. The molecule has 0 saturated carbocycles. The molecule has 3 rings (SSSR count). The number of halogens is 1. The molecule has 2 heteroatoms. The van der Waals surface area contributed by atoms with Gasteiger partial charge in [0.1, 0.15) is 0 Å². The molecule has 1 aromatic carbocycles. The standard InChI is InChI=1S/C13H11BrS/c1-13(2)9-6-4-3-5-8(9)12-11(13)10(14)7-15-12/h3-7H,1-2H3. The number of benzene rings is 1. The molecule has 1 aliphatic rings. The minimum atomic E-state index is 0.144. The molecule has 1 aliphatic carbocycles. The van der Waals surface area contributed by atoms with Crippen LogP contribution in [0.2, 0.25) is 0 Å². The molecule has 0 radical (unpaired) electrons. The predicted molar refractivity (Wildman–Crippen MR) is 69.6 cm³/mol. The Hall–Kier alpha value is -0.600. The van der Waals surface area contributed by atoms with E-state index in [0.29, 0.717) is 0 Å². The highest BCUT2D eigenvalue weighted by molar-refractivity contribution is 9.10. The molecule has 2 aromatic rings. The number of thiophene rings is 1. The smallest absolute Gasteiger partial charge is 0.0398 e. The van der Waals surface area contributed by atoms with E-state index in [2.05, 4.69) is 59.4 Å². The van der Waals surface area contributed by atoms with Crippen LogP contribution in [0.4, 0.5) is 0 Å². The normalized spacial score (nSPS) is 16.2. The van der Waals surface area contributed by atoms with Crippen LogP contribution in [0.15, 0.2) is 34.1 Å². The molecule has 1 aromatic heterocycles. The van der Waals surface area contributed by atoms with E-state index < -0.39 is 0 Å². The average molecular weight is 279 g/mol. The van der Waals surface area contributed by atoms with Crippen LogP contribution >= 0.6 is 27.3 Å². The Bertz CT molecular complexity index is 537. The van der Waals surface area contributed by atoms with Crippen molar-refractivity contribution in [2.75, 3.05) is 0 Å². The van der Waals surface area contributed by atoms with Crippen LogP contribution in [0.1, 0.15) is 25.0 Å². The first-order chi connectivity index (χ1) is 7.12. The SMILES string of the molecule is CC1(C)c2ccccc2-c2scc(Br)c21. The van der Waals surface area contributed by atoms with Crippen molar-refractivity contribution in [2.24, 2.45) is 0 Å². The van der Waals surface area contributed by atoms with Gasteiger partial charge in [-0.25, -0.2) is 0 Å². The largest absolute Gasteiger partial charge is 0.142 e. The molecule has 0 unspecified atom stereocenters. The van der Waals surface area contributed by atoms with E-state index in [0.717, 1.165) is 0 Å². The van der Waals surface area contributed by atoms with Crippen LogP contribution in [0.3, 0.4) is 0 Å². The van der Waals surface area contributed by atoms with Crippen molar-refractivity contribution in [1.82, 2.24) is 0 Å². The van der Waals surface area contributed by atoms with Crippen molar-refractivity contribution in [1.29, 1.82) is 0 Å². The first-order valence-electron chi connectivity index (χ1n) is 4.99. The molecule has 0 fully saturated rings. The third-order valence-electron chi connectivity index (χ3n) is 3.22. The second kappa shape index (κ2) is 2.96. The van der Waals surface area contributed by atoms with Gasteiger partial charge in [0.05, 0.1) is 0 Å². The van der Waals surface area contributed by atoms with Crippen molar-refractivity contribution >= 4 is 27.3 Å². The van der Waals surface area contributed by atoms with E-state index in [1.807, 2.05) is 11.3 Å². The summed E-state index contributed by atoms with van der Waals surface area (Å²) >= 11 is 5.50. The molecule has 15 heavy (non-hydrogen) atoms. The molecule has 0 atom stereocenters. The Morgan fingerprint density at radius 3 is 2.73 bits per heavy atom. The highest BCUT2D eigenvalue weighted by Gasteiger charge is 2.37. The molecular formula is C13H11BrS. The molecule has 1 heterocycles. The quantitative estimate of drug-likeness (QED) is 0.648. The molecule has 0 saturated heterocycles. The van der Waals surface area contributed by atoms with Crippen LogP contribution in [0, 0.1) is 0 Å². The molecule has 0 nitrogen and oxygen atoms in total.